The van der Waals surface area contributed by atoms with Crippen molar-refractivity contribution < 1.29 is 26.3 Å². The van der Waals surface area contributed by atoms with E-state index in [1.165, 1.54) is 0 Å². The van der Waals surface area contributed by atoms with Crippen LogP contribution < -0.4 is 0 Å². The molecule has 0 nitrogen and oxygen atoms in total. The van der Waals surface area contributed by atoms with Gasteiger partial charge in [-0.15, -0.1) is 0 Å². The molecule has 0 aliphatic rings. The molecule has 0 fully saturated rings. The third kappa shape index (κ3) is 6.28. The molecule has 0 bridgehead atoms. The van der Waals surface area contributed by atoms with Crippen molar-refractivity contribution in [2.24, 2.45) is 0 Å². The molecule has 0 unspecified atom stereocenters. The topological polar surface area (TPSA) is 0 Å². The van der Waals surface area contributed by atoms with Crippen LogP contribution in [0.2, 0.25) is 0 Å². The minimum atomic E-state index is -4.77. The van der Waals surface area contributed by atoms with Crippen LogP contribution in [0.15, 0.2) is 18.2 Å². The molecule has 22 heavy (non-hydrogen) atoms. The van der Waals surface area contributed by atoms with Gasteiger partial charge in [-0.2, -0.15) is 26.3 Å². The fourth-order valence-corrected chi connectivity index (χ4v) is 2.27. The number of alkyl halides is 6. The molecule has 0 heterocycles. The molecule has 0 saturated carbocycles. The van der Waals surface area contributed by atoms with E-state index in [0.29, 0.717) is 6.42 Å². The predicted octanol–water partition coefficient (Wildman–Crippen LogP) is 6.63. The Morgan fingerprint density at radius 3 is 1.59 bits per heavy atom. The van der Waals surface area contributed by atoms with Crippen molar-refractivity contribution in [2.45, 2.75) is 64.2 Å². The first-order valence-corrected chi connectivity index (χ1v) is 7.43. The lowest BCUT2D eigenvalue weighted by molar-refractivity contribution is -0.143. The average Bonchev–Trinajstić information content (AvgIpc) is 2.40. The summed E-state index contributed by atoms with van der Waals surface area (Å²) >= 11 is 0. The summed E-state index contributed by atoms with van der Waals surface area (Å²) in [6.07, 6.45) is -3.69. The number of rotatable bonds is 7. The van der Waals surface area contributed by atoms with Crippen LogP contribution in [0.25, 0.3) is 0 Å². The van der Waals surface area contributed by atoms with Gasteiger partial charge in [0.05, 0.1) is 11.1 Å². The van der Waals surface area contributed by atoms with Gasteiger partial charge in [0.15, 0.2) is 0 Å². The molecule has 6 heteroatoms. The van der Waals surface area contributed by atoms with E-state index >= 15 is 0 Å². The highest BCUT2D eigenvalue weighted by atomic mass is 19.4. The molecule has 1 rings (SSSR count). The highest BCUT2D eigenvalue weighted by molar-refractivity contribution is 5.33. The molecule has 0 aliphatic carbocycles. The van der Waals surface area contributed by atoms with Crippen molar-refractivity contribution in [1.29, 1.82) is 0 Å². The van der Waals surface area contributed by atoms with Crippen LogP contribution >= 0.6 is 0 Å². The van der Waals surface area contributed by atoms with Crippen molar-refractivity contribution in [1.82, 2.24) is 0 Å². The molecule has 126 valence electrons. The van der Waals surface area contributed by atoms with Gasteiger partial charge in [0.25, 0.3) is 0 Å². The van der Waals surface area contributed by atoms with E-state index in [0.717, 1.165) is 44.2 Å². The number of aryl methyl sites for hydroxylation is 1. The Balaban J connectivity index is 2.77. The number of hydrogen-bond donors (Lipinski definition) is 0. The van der Waals surface area contributed by atoms with E-state index in [4.69, 9.17) is 0 Å². The van der Waals surface area contributed by atoms with E-state index in [-0.39, 0.29) is 18.1 Å². The van der Waals surface area contributed by atoms with E-state index < -0.39 is 23.5 Å². The zero-order valence-electron chi connectivity index (χ0n) is 12.4. The van der Waals surface area contributed by atoms with Gasteiger partial charge in [0.2, 0.25) is 0 Å². The van der Waals surface area contributed by atoms with Gasteiger partial charge in [-0.1, -0.05) is 39.0 Å². The SMILES string of the molecule is CCCCCCCCc1cc(C(F)(F)F)cc(C(F)(F)F)c1. The summed E-state index contributed by atoms with van der Waals surface area (Å²) < 4.78 is 76.2. The molecule has 0 atom stereocenters. The number of unbranched alkanes of at least 4 members (excludes halogenated alkanes) is 5. The van der Waals surface area contributed by atoms with Crippen molar-refractivity contribution in [3.05, 3.63) is 34.9 Å². The van der Waals surface area contributed by atoms with Gasteiger partial charge in [0.1, 0.15) is 0 Å². The first-order valence-electron chi connectivity index (χ1n) is 7.43. The Kier molecular flexibility index (Phi) is 6.75. The largest absolute Gasteiger partial charge is 0.416 e. The monoisotopic (exact) mass is 326 g/mol. The maximum atomic E-state index is 12.7. The summed E-state index contributed by atoms with van der Waals surface area (Å²) in [5.41, 5.74) is -2.37. The Bertz CT molecular complexity index is 426. The molecule has 1 aromatic rings. The zero-order valence-corrected chi connectivity index (χ0v) is 12.4. The van der Waals surface area contributed by atoms with Crippen LogP contribution in [0.1, 0.15) is 62.1 Å². The minimum Gasteiger partial charge on any atom is -0.166 e. The maximum absolute atomic E-state index is 12.7. The van der Waals surface area contributed by atoms with Crippen LogP contribution in [0.5, 0.6) is 0 Å². The van der Waals surface area contributed by atoms with Crippen molar-refractivity contribution in [2.75, 3.05) is 0 Å². The average molecular weight is 326 g/mol. The molecule has 0 aliphatic heterocycles. The summed E-state index contributed by atoms with van der Waals surface area (Å²) in [5, 5.41) is 0. The number of halogens is 6. The Morgan fingerprint density at radius 1 is 0.682 bits per heavy atom. The second-order valence-corrected chi connectivity index (χ2v) is 5.43. The molecule has 1 aromatic carbocycles. The summed E-state index contributed by atoms with van der Waals surface area (Å²) in [7, 11) is 0. The van der Waals surface area contributed by atoms with Gasteiger partial charge in [0, 0.05) is 0 Å². The Morgan fingerprint density at radius 2 is 1.14 bits per heavy atom. The predicted molar refractivity (Wildman–Crippen MR) is 73.5 cm³/mol. The summed E-state index contributed by atoms with van der Waals surface area (Å²) in [6.45, 7) is 2.07. The van der Waals surface area contributed by atoms with Crippen LogP contribution in [-0.2, 0) is 18.8 Å². The zero-order chi connectivity index (χ0) is 16.8. The van der Waals surface area contributed by atoms with E-state index in [2.05, 4.69) is 6.92 Å². The van der Waals surface area contributed by atoms with Crippen molar-refractivity contribution >= 4 is 0 Å². The Labute approximate surface area is 126 Å². The molecular weight excluding hydrogens is 306 g/mol. The third-order valence-electron chi connectivity index (χ3n) is 3.47. The van der Waals surface area contributed by atoms with Crippen LogP contribution in [0.3, 0.4) is 0 Å². The first-order chi connectivity index (χ1) is 10.1. The van der Waals surface area contributed by atoms with Gasteiger partial charge >= 0.3 is 12.4 Å². The lowest BCUT2D eigenvalue weighted by Crippen LogP contribution is -2.11. The number of hydrogen-bond acceptors (Lipinski definition) is 0. The highest BCUT2D eigenvalue weighted by Crippen LogP contribution is 2.36. The van der Waals surface area contributed by atoms with Crippen molar-refractivity contribution in [3.63, 3.8) is 0 Å². The van der Waals surface area contributed by atoms with E-state index in [1.807, 2.05) is 0 Å². The lowest BCUT2D eigenvalue weighted by atomic mass is 10.00. The van der Waals surface area contributed by atoms with Crippen LogP contribution in [0, 0.1) is 0 Å². The fraction of sp³-hybridized carbons (Fsp3) is 0.625. The smallest absolute Gasteiger partial charge is 0.166 e. The second kappa shape index (κ2) is 7.88. The summed E-state index contributed by atoms with van der Waals surface area (Å²) in [5.74, 6) is 0. The van der Waals surface area contributed by atoms with Gasteiger partial charge in [-0.25, -0.2) is 0 Å². The molecule has 0 N–H and O–H groups in total. The minimum absolute atomic E-state index is 0.0950. The second-order valence-electron chi connectivity index (χ2n) is 5.43. The normalized spacial score (nSPS) is 12.7. The fourth-order valence-electron chi connectivity index (χ4n) is 2.27. The van der Waals surface area contributed by atoms with Crippen LogP contribution in [0.4, 0.5) is 26.3 Å². The number of benzene rings is 1. The van der Waals surface area contributed by atoms with E-state index in [1.54, 1.807) is 0 Å². The molecule has 0 radical (unpaired) electrons. The van der Waals surface area contributed by atoms with Crippen molar-refractivity contribution in [3.8, 4) is 0 Å². The standard InChI is InChI=1S/C16H20F6/c1-2-3-4-5-6-7-8-12-9-13(15(17,18)19)11-14(10-12)16(20,21)22/h9-11H,2-8H2,1H3. The van der Waals surface area contributed by atoms with Crippen LogP contribution in [-0.4, -0.2) is 0 Å². The summed E-state index contributed by atoms with van der Waals surface area (Å²) in [6, 6.07) is 1.81. The van der Waals surface area contributed by atoms with Gasteiger partial charge in [-0.3, -0.25) is 0 Å². The highest BCUT2D eigenvalue weighted by Gasteiger charge is 2.36. The van der Waals surface area contributed by atoms with Gasteiger partial charge in [-0.05, 0) is 36.6 Å². The molecule has 0 spiro atoms. The lowest BCUT2D eigenvalue weighted by Gasteiger charge is -2.14. The maximum Gasteiger partial charge on any atom is 0.416 e. The van der Waals surface area contributed by atoms with E-state index in [9.17, 15) is 26.3 Å². The molecule has 0 saturated heterocycles. The quantitative estimate of drug-likeness (QED) is 0.390. The first kappa shape index (κ1) is 18.8. The third-order valence-corrected chi connectivity index (χ3v) is 3.47. The Hall–Kier alpha value is -1.20. The van der Waals surface area contributed by atoms with Gasteiger partial charge < -0.3 is 0 Å². The molecule has 0 amide bonds. The summed E-state index contributed by atoms with van der Waals surface area (Å²) in [4.78, 5) is 0. The molecule has 0 aromatic heterocycles. The molecular formula is C16H20F6.